The van der Waals surface area contributed by atoms with Gasteiger partial charge in [0.15, 0.2) is 5.76 Å². The van der Waals surface area contributed by atoms with Crippen molar-refractivity contribution in [2.24, 2.45) is 0 Å². The fraction of sp³-hybridized carbons (Fsp3) is 0.143. The molecule has 2 amide bonds. The number of rotatable bonds is 4. The average molecular weight is 293 g/mol. The first-order valence-corrected chi connectivity index (χ1v) is 6.35. The summed E-state index contributed by atoms with van der Waals surface area (Å²) in [5, 5.41) is 5.80. The van der Waals surface area contributed by atoms with E-state index in [0.717, 1.165) is 0 Å². The lowest BCUT2D eigenvalue weighted by Gasteiger charge is -2.13. The van der Waals surface area contributed by atoms with E-state index in [1.807, 2.05) is 0 Å². The summed E-state index contributed by atoms with van der Waals surface area (Å²) in [6.45, 7) is 1.59. The van der Waals surface area contributed by atoms with Gasteiger partial charge in [-0.25, -0.2) is 0 Å². The minimum atomic E-state index is -0.691. The van der Waals surface area contributed by atoms with E-state index in [4.69, 9.17) is 16.0 Å². The fourth-order valence-corrected chi connectivity index (χ4v) is 1.65. The highest BCUT2D eigenvalue weighted by Gasteiger charge is 2.18. The second-order valence-electron chi connectivity index (χ2n) is 4.17. The van der Waals surface area contributed by atoms with Crippen LogP contribution in [0.15, 0.2) is 47.1 Å². The number of halogens is 1. The zero-order valence-electron chi connectivity index (χ0n) is 10.7. The molecule has 1 atom stereocenters. The molecule has 0 bridgehead atoms. The first-order chi connectivity index (χ1) is 9.56. The Balaban J connectivity index is 1.92. The second-order valence-corrected chi connectivity index (χ2v) is 4.61. The number of hydrogen-bond acceptors (Lipinski definition) is 3. The van der Waals surface area contributed by atoms with E-state index in [2.05, 4.69) is 10.6 Å². The van der Waals surface area contributed by atoms with Gasteiger partial charge in [0.25, 0.3) is 5.91 Å². The van der Waals surface area contributed by atoms with Gasteiger partial charge in [-0.05, 0) is 43.3 Å². The number of carbonyl (C=O) groups is 2. The van der Waals surface area contributed by atoms with Crippen LogP contribution in [0, 0.1) is 0 Å². The molecule has 2 aromatic rings. The predicted octanol–water partition coefficient (Wildman–Crippen LogP) is 2.69. The van der Waals surface area contributed by atoms with Gasteiger partial charge in [-0.3, -0.25) is 9.59 Å². The monoisotopic (exact) mass is 292 g/mol. The summed E-state index contributed by atoms with van der Waals surface area (Å²) in [7, 11) is 0. The molecule has 2 rings (SSSR count). The van der Waals surface area contributed by atoms with Crippen LogP contribution >= 0.6 is 11.6 Å². The number of anilines is 1. The van der Waals surface area contributed by atoms with Crippen LogP contribution in [0.4, 0.5) is 5.69 Å². The van der Waals surface area contributed by atoms with Crippen LogP contribution in [0.25, 0.3) is 0 Å². The van der Waals surface area contributed by atoms with Gasteiger partial charge in [0.1, 0.15) is 6.04 Å². The van der Waals surface area contributed by atoms with Crippen LogP contribution in [0.5, 0.6) is 0 Å². The molecule has 1 aromatic heterocycles. The molecular formula is C14H13ClN2O3. The number of nitrogens with one attached hydrogen (secondary N) is 2. The zero-order chi connectivity index (χ0) is 14.5. The van der Waals surface area contributed by atoms with Gasteiger partial charge in [-0.1, -0.05) is 11.6 Å². The Morgan fingerprint density at radius 2 is 1.90 bits per heavy atom. The van der Waals surface area contributed by atoms with Crippen LogP contribution in [-0.4, -0.2) is 17.9 Å². The van der Waals surface area contributed by atoms with Gasteiger partial charge >= 0.3 is 0 Å². The minimum Gasteiger partial charge on any atom is -0.459 e. The molecule has 0 aliphatic carbocycles. The van der Waals surface area contributed by atoms with E-state index in [9.17, 15) is 9.59 Å². The Kier molecular flexibility index (Phi) is 4.42. The number of carbonyl (C=O) groups excluding carboxylic acids is 2. The summed E-state index contributed by atoms with van der Waals surface area (Å²) in [4.78, 5) is 23.6. The third-order valence-corrected chi connectivity index (χ3v) is 2.85. The lowest BCUT2D eigenvalue weighted by Crippen LogP contribution is -2.41. The lowest BCUT2D eigenvalue weighted by molar-refractivity contribution is -0.117. The van der Waals surface area contributed by atoms with Gasteiger partial charge in [0, 0.05) is 10.7 Å². The van der Waals surface area contributed by atoms with Crippen molar-refractivity contribution in [3.05, 3.63) is 53.4 Å². The molecule has 1 heterocycles. The lowest BCUT2D eigenvalue weighted by atomic mass is 10.2. The van der Waals surface area contributed by atoms with Crippen LogP contribution in [0.1, 0.15) is 17.5 Å². The molecule has 0 spiro atoms. The molecule has 0 aliphatic heterocycles. The Labute approximate surface area is 120 Å². The van der Waals surface area contributed by atoms with Gasteiger partial charge in [-0.15, -0.1) is 0 Å². The maximum atomic E-state index is 11.9. The zero-order valence-corrected chi connectivity index (χ0v) is 11.5. The van der Waals surface area contributed by atoms with Crippen molar-refractivity contribution in [1.82, 2.24) is 5.32 Å². The largest absolute Gasteiger partial charge is 0.459 e. The van der Waals surface area contributed by atoms with Crippen LogP contribution in [0.3, 0.4) is 0 Å². The fourth-order valence-electron chi connectivity index (χ4n) is 1.52. The summed E-state index contributed by atoms with van der Waals surface area (Å²) < 4.78 is 4.95. The number of hydrogen-bond donors (Lipinski definition) is 2. The van der Waals surface area contributed by atoms with Crippen LogP contribution < -0.4 is 10.6 Å². The van der Waals surface area contributed by atoms with Crippen molar-refractivity contribution < 1.29 is 14.0 Å². The topological polar surface area (TPSA) is 71.3 Å². The van der Waals surface area contributed by atoms with Crippen LogP contribution in [-0.2, 0) is 4.79 Å². The van der Waals surface area contributed by atoms with Crippen molar-refractivity contribution >= 4 is 29.1 Å². The number of amides is 2. The van der Waals surface area contributed by atoms with E-state index in [-0.39, 0.29) is 11.7 Å². The van der Waals surface area contributed by atoms with Gasteiger partial charge in [0.2, 0.25) is 5.91 Å². The smallest absolute Gasteiger partial charge is 0.287 e. The van der Waals surface area contributed by atoms with E-state index in [1.54, 1.807) is 37.3 Å². The molecule has 0 saturated heterocycles. The molecule has 2 N–H and O–H groups in total. The summed E-state index contributed by atoms with van der Waals surface area (Å²) in [6.07, 6.45) is 1.40. The normalized spacial score (nSPS) is 11.7. The maximum Gasteiger partial charge on any atom is 0.287 e. The first kappa shape index (κ1) is 14.1. The third-order valence-electron chi connectivity index (χ3n) is 2.60. The molecule has 1 aromatic carbocycles. The molecule has 0 aliphatic rings. The molecule has 0 radical (unpaired) electrons. The Bertz CT molecular complexity index is 593. The Hall–Kier alpha value is -2.27. The SMILES string of the molecule is C[C@H](NC(=O)c1ccco1)C(=O)Nc1ccc(Cl)cc1. The summed E-state index contributed by atoms with van der Waals surface area (Å²) >= 11 is 5.76. The van der Waals surface area contributed by atoms with E-state index in [1.165, 1.54) is 12.3 Å². The second kappa shape index (κ2) is 6.25. The Morgan fingerprint density at radius 1 is 1.20 bits per heavy atom. The first-order valence-electron chi connectivity index (χ1n) is 5.97. The average Bonchev–Trinajstić information content (AvgIpc) is 2.95. The summed E-state index contributed by atoms with van der Waals surface area (Å²) in [6, 6.07) is 9.14. The highest BCUT2D eigenvalue weighted by Crippen LogP contribution is 2.13. The van der Waals surface area contributed by atoms with Crippen molar-refractivity contribution in [1.29, 1.82) is 0 Å². The molecular weight excluding hydrogens is 280 g/mol. The molecule has 0 fully saturated rings. The standard InChI is InChI=1S/C14H13ClN2O3/c1-9(16-14(19)12-3-2-8-20-12)13(18)17-11-6-4-10(15)5-7-11/h2-9H,1H3,(H,16,19)(H,17,18)/t9-/m0/s1. The predicted molar refractivity (Wildman–Crippen MR) is 75.7 cm³/mol. The summed E-state index contributed by atoms with van der Waals surface area (Å²) in [5.74, 6) is -0.600. The molecule has 20 heavy (non-hydrogen) atoms. The highest BCUT2D eigenvalue weighted by molar-refractivity contribution is 6.30. The molecule has 0 unspecified atom stereocenters. The molecule has 104 valence electrons. The quantitative estimate of drug-likeness (QED) is 0.910. The summed E-state index contributed by atoms with van der Waals surface area (Å²) in [5.41, 5.74) is 0.610. The van der Waals surface area contributed by atoms with E-state index in [0.29, 0.717) is 10.7 Å². The van der Waals surface area contributed by atoms with Gasteiger partial charge in [-0.2, -0.15) is 0 Å². The van der Waals surface area contributed by atoms with Crippen molar-refractivity contribution in [2.45, 2.75) is 13.0 Å². The highest BCUT2D eigenvalue weighted by atomic mass is 35.5. The van der Waals surface area contributed by atoms with Crippen molar-refractivity contribution in [2.75, 3.05) is 5.32 Å². The Morgan fingerprint density at radius 3 is 2.50 bits per heavy atom. The van der Waals surface area contributed by atoms with E-state index >= 15 is 0 Å². The third kappa shape index (κ3) is 3.61. The van der Waals surface area contributed by atoms with Gasteiger partial charge in [0.05, 0.1) is 6.26 Å². The number of furan rings is 1. The maximum absolute atomic E-state index is 11.9. The van der Waals surface area contributed by atoms with E-state index < -0.39 is 11.9 Å². The van der Waals surface area contributed by atoms with Gasteiger partial charge < -0.3 is 15.1 Å². The van der Waals surface area contributed by atoms with Crippen molar-refractivity contribution in [3.8, 4) is 0 Å². The van der Waals surface area contributed by atoms with Crippen molar-refractivity contribution in [3.63, 3.8) is 0 Å². The molecule has 0 saturated carbocycles. The number of benzene rings is 1. The molecule has 6 heteroatoms. The minimum absolute atomic E-state index is 0.163. The molecule has 5 nitrogen and oxygen atoms in total. The van der Waals surface area contributed by atoms with Crippen LogP contribution in [0.2, 0.25) is 5.02 Å².